The predicted molar refractivity (Wildman–Crippen MR) is 108 cm³/mol. The molecule has 1 amide bonds. The largest absolute Gasteiger partial charge is 0.504 e. The van der Waals surface area contributed by atoms with Gasteiger partial charge in [0.05, 0.1) is 18.5 Å². The number of carbonyl (C=O) groups excluding carboxylic acids is 1. The van der Waals surface area contributed by atoms with Crippen LogP contribution in [-0.4, -0.2) is 34.0 Å². The fourth-order valence-corrected chi connectivity index (χ4v) is 2.66. The number of nitrogens with one attached hydrogen (secondary N) is 2. The molecule has 7 heteroatoms. The summed E-state index contributed by atoms with van der Waals surface area (Å²) in [6, 6.07) is 14.6. The molecule has 2 aromatic carbocycles. The molecular formula is C21H22N4O3. The molecule has 0 saturated heterocycles. The molecule has 3 N–H and O–H groups in total. The first kappa shape index (κ1) is 19.2. The second-order valence-corrected chi connectivity index (χ2v) is 6.24. The monoisotopic (exact) mass is 378 g/mol. The van der Waals surface area contributed by atoms with Gasteiger partial charge in [0.2, 0.25) is 0 Å². The lowest BCUT2D eigenvalue weighted by atomic mass is 10.1. The van der Waals surface area contributed by atoms with Crippen LogP contribution in [0.1, 0.15) is 35.5 Å². The maximum atomic E-state index is 12.3. The first-order valence-corrected chi connectivity index (χ1v) is 8.88. The van der Waals surface area contributed by atoms with Gasteiger partial charge in [-0.15, -0.1) is 0 Å². The number of aromatic hydroxyl groups is 1. The number of benzene rings is 2. The van der Waals surface area contributed by atoms with Crippen LogP contribution in [0, 0.1) is 0 Å². The number of rotatable bonds is 6. The van der Waals surface area contributed by atoms with Gasteiger partial charge < -0.3 is 9.84 Å². The van der Waals surface area contributed by atoms with E-state index in [2.05, 4.69) is 27.6 Å². The minimum Gasteiger partial charge on any atom is -0.504 e. The minimum absolute atomic E-state index is 0.0417. The van der Waals surface area contributed by atoms with Crippen molar-refractivity contribution < 1.29 is 14.6 Å². The smallest absolute Gasteiger partial charge is 0.289 e. The third-order valence-corrected chi connectivity index (χ3v) is 4.40. The van der Waals surface area contributed by atoms with Crippen molar-refractivity contribution in [3.05, 3.63) is 65.4 Å². The zero-order chi connectivity index (χ0) is 20.1. The van der Waals surface area contributed by atoms with Crippen LogP contribution in [0.25, 0.3) is 11.3 Å². The summed E-state index contributed by atoms with van der Waals surface area (Å²) in [6.45, 7) is 3.85. The van der Waals surface area contributed by atoms with E-state index < -0.39 is 5.91 Å². The molecule has 3 aromatic rings. The van der Waals surface area contributed by atoms with Gasteiger partial charge in [-0.3, -0.25) is 9.89 Å². The summed E-state index contributed by atoms with van der Waals surface area (Å²) >= 11 is 0. The number of nitrogens with zero attached hydrogens (tertiary/aromatic N) is 2. The molecule has 0 saturated carbocycles. The molecule has 7 nitrogen and oxygen atoms in total. The first-order chi connectivity index (χ1) is 13.5. The first-order valence-electron chi connectivity index (χ1n) is 8.88. The van der Waals surface area contributed by atoms with Crippen LogP contribution in [0.2, 0.25) is 0 Å². The number of hydrogen-bond acceptors (Lipinski definition) is 5. The Kier molecular flexibility index (Phi) is 5.74. The van der Waals surface area contributed by atoms with E-state index in [1.54, 1.807) is 25.1 Å². The number of phenolic OH excluding ortho intramolecular Hbond substituents is 1. The lowest BCUT2D eigenvalue weighted by Crippen LogP contribution is -2.19. The molecular weight excluding hydrogens is 356 g/mol. The average Bonchev–Trinajstić information content (AvgIpc) is 3.22. The number of carbonyl (C=O) groups is 1. The molecule has 0 atom stereocenters. The van der Waals surface area contributed by atoms with E-state index in [0.717, 1.165) is 17.5 Å². The fraction of sp³-hybridized carbons (Fsp3) is 0.190. The number of ether oxygens (including phenoxy) is 1. The van der Waals surface area contributed by atoms with Gasteiger partial charge in [0.25, 0.3) is 5.91 Å². The third kappa shape index (κ3) is 4.20. The van der Waals surface area contributed by atoms with Crippen molar-refractivity contribution in [3.8, 4) is 22.8 Å². The summed E-state index contributed by atoms with van der Waals surface area (Å²) < 4.78 is 5.08. The van der Waals surface area contributed by atoms with Gasteiger partial charge in [-0.2, -0.15) is 10.2 Å². The van der Waals surface area contributed by atoms with Crippen LogP contribution in [-0.2, 0) is 6.42 Å². The average molecular weight is 378 g/mol. The molecule has 0 spiro atoms. The number of aromatic nitrogens is 2. The Hall–Kier alpha value is -3.61. The number of aromatic amines is 1. The highest BCUT2D eigenvalue weighted by Crippen LogP contribution is 2.26. The molecule has 3 rings (SSSR count). The Bertz CT molecular complexity index is 1010. The predicted octanol–water partition coefficient (Wildman–Crippen LogP) is 3.51. The van der Waals surface area contributed by atoms with Crippen LogP contribution in [0.3, 0.4) is 0 Å². The van der Waals surface area contributed by atoms with E-state index in [9.17, 15) is 9.90 Å². The molecule has 144 valence electrons. The van der Waals surface area contributed by atoms with Crippen molar-refractivity contribution >= 4 is 11.6 Å². The Morgan fingerprint density at radius 1 is 1.21 bits per heavy atom. The zero-order valence-corrected chi connectivity index (χ0v) is 16.0. The number of phenols is 1. The zero-order valence-electron chi connectivity index (χ0n) is 16.0. The quantitative estimate of drug-likeness (QED) is 0.451. The van der Waals surface area contributed by atoms with Crippen LogP contribution >= 0.6 is 0 Å². The third-order valence-electron chi connectivity index (χ3n) is 4.40. The Labute approximate surface area is 163 Å². The van der Waals surface area contributed by atoms with Gasteiger partial charge >= 0.3 is 0 Å². The fourth-order valence-electron chi connectivity index (χ4n) is 2.66. The summed E-state index contributed by atoms with van der Waals surface area (Å²) in [5.41, 5.74) is 6.98. The highest BCUT2D eigenvalue weighted by Gasteiger charge is 2.11. The lowest BCUT2D eigenvalue weighted by molar-refractivity contribution is 0.0950. The van der Waals surface area contributed by atoms with E-state index in [4.69, 9.17) is 4.74 Å². The maximum absolute atomic E-state index is 12.3. The number of hydrogen-bond donors (Lipinski definition) is 3. The van der Waals surface area contributed by atoms with E-state index in [0.29, 0.717) is 22.8 Å². The van der Waals surface area contributed by atoms with E-state index in [-0.39, 0.29) is 5.75 Å². The number of amides is 1. The van der Waals surface area contributed by atoms with Crippen LogP contribution in [0.15, 0.2) is 53.6 Å². The van der Waals surface area contributed by atoms with Crippen molar-refractivity contribution in [2.75, 3.05) is 7.11 Å². The molecule has 0 bridgehead atoms. The molecule has 0 aliphatic carbocycles. The summed E-state index contributed by atoms with van der Waals surface area (Å²) in [5, 5.41) is 20.7. The lowest BCUT2D eigenvalue weighted by Gasteiger charge is -2.06. The van der Waals surface area contributed by atoms with Crippen LogP contribution in [0.5, 0.6) is 11.5 Å². The van der Waals surface area contributed by atoms with Gasteiger partial charge in [0, 0.05) is 11.1 Å². The number of hydrazone groups is 1. The van der Waals surface area contributed by atoms with Crippen molar-refractivity contribution in [1.29, 1.82) is 0 Å². The van der Waals surface area contributed by atoms with E-state index >= 15 is 0 Å². The molecule has 0 aliphatic heterocycles. The minimum atomic E-state index is -0.394. The summed E-state index contributed by atoms with van der Waals surface area (Å²) in [4.78, 5) is 12.3. The van der Waals surface area contributed by atoms with Crippen molar-refractivity contribution in [3.63, 3.8) is 0 Å². The Morgan fingerprint density at radius 2 is 1.96 bits per heavy atom. The van der Waals surface area contributed by atoms with Crippen molar-refractivity contribution in [2.45, 2.75) is 20.3 Å². The molecule has 0 radical (unpaired) electrons. The van der Waals surface area contributed by atoms with Crippen LogP contribution < -0.4 is 10.2 Å². The van der Waals surface area contributed by atoms with E-state index in [1.165, 1.54) is 18.7 Å². The standard InChI is InChI=1S/C21H22N4O3/c1-4-14-5-7-15(8-6-14)17-12-18(24-23-17)21(27)25-22-13(2)16-9-10-19(26)20(11-16)28-3/h5-12,26H,4H2,1-3H3,(H,23,24)(H,25,27)/b22-13-. The SMILES string of the molecule is CCc1ccc(-c2cc(C(=O)N/N=C(/C)c3ccc(O)c(OC)c3)[nH]n2)cc1. The number of aryl methyl sites for hydroxylation is 1. The number of H-pyrrole nitrogens is 1. The maximum Gasteiger partial charge on any atom is 0.289 e. The topological polar surface area (TPSA) is 99.6 Å². The normalized spacial score (nSPS) is 11.3. The molecule has 28 heavy (non-hydrogen) atoms. The van der Waals surface area contributed by atoms with Gasteiger partial charge in [0.1, 0.15) is 5.69 Å². The molecule has 0 unspecified atom stereocenters. The second kappa shape index (κ2) is 8.39. The highest BCUT2D eigenvalue weighted by molar-refractivity contribution is 6.01. The van der Waals surface area contributed by atoms with Crippen molar-refractivity contribution in [1.82, 2.24) is 15.6 Å². The molecule has 0 aliphatic rings. The Balaban J connectivity index is 1.71. The molecule has 0 fully saturated rings. The summed E-state index contributed by atoms with van der Waals surface area (Å²) in [6.07, 6.45) is 0.971. The highest BCUT2D eigenvalue weighted by atomic mass is 16.5. The second-order valence-electron chi connectivity index (χ2n) is 6.24. The van der Waals surface area contributed by atoms with Crippen molar-refractivity contribution in [2.24, 2.45) is 5.10 Å². The molecule has 1 aromatic heterocycles. The summed E-state index contributed by atoms with van der Waals surface area (Å²) in [7, 11) is 1.47. The van der Waals surface area contributed by atoms with Gasteiger partial charge in [-0.1, -0.05) is 31.2 Å². The van der Waals surface area contributed by atoms with Gasteiger partial charge in [-0.25, -0.2) is 5.43 Å². The van der Waals surface area contributed by atoms with Crippen LogP contribution in [0.4, 0.5) is 0 Å². The van der Waals surface area contributed by atoms with Gasteiger partial charge in [0.15, 0.2) is 11.5 Å². The molecule has 1 heterocycles. The Morgan fingerprint density at radius 3 is 2.64 bits per heavy atom. The van der Waals surface area contributed by atoms with Gasteiger partial charge in [-0.05, 0) is 43.2 Å². The summed E-state index contributed by atoms with van der Waals surface area (Å²) in [5.74, 6) is -0.0141. The van der Waals surface area contributed by atoms with E-state index in [1.807, 2.05) is 24.3 Å². The number of methoxy groups -OCH3 is 1.